The van der Waals surface area contributed by atoms with Gasteiger partial charge in [0.2, 0.25) is 0 Å². The van der Waals surface area contributed by atoms with Crippen LogP contribution in [0.1, 0.15) is 50.6 Å². The lowest BCUT2D eigenvalue weighted by Gasteiger charge is -2.18. The van der Waals surface area contributed by atoms with E-state index in [-0.39, 0.29) is 11.9 Å². The van der Waals surface area contributed by atoms with Crippen LogP contribution in [0.2, 0.25) is 0 Å². The zero-order chi connectivity index (χ0) is 20.7. The predicted octanol–water partition coefficient (Wildman–Crippen LogP) is 5.71. The minimum atomic E-state index is -4.74. The first-order chi connectivity index (χ1) is 13.3. The number of methoxy groups -OCH3 is 1. The minimum Gasteiger partial charge on any atom is -0.496 e. The summed E-state index contributed by atoms with van der Waals surface area (Å²) in [5.41, 5.74) is 2.37. The number of halogens is 3. The van der Waals surface area contributed by atoms with Crippen LogP contribution in [0.25, 0.3) is 0 Å². The zero-order valence-corrected chi connectivity index (χ0v) is 16.6. The molecule has 2 aromatic rings. The first-order valence-electron chi connectivity index (χ1n) is 9.37. The van der Waals surface area contributed by atoms with E-state index in [1.165, 1.54) is 19.2 Å². The van der Waals surface area contributed by atoms with Gasteiger partial charge in [-0.05, 0) is 37.5 Å². The minimum absolute atomic E-state index is 0.152. The molecule has 0 amide bonds. The molecule has 4 nitrogen and oxygen atoms in total. The number of benzene rings is 1. The van der Waals surface area contributed by atoms with Crippen LogP contribution in [0.15, 0.2) is 30.3 Å². The Kier molecular flexibility index (Phi) is 7.54. The molecule has 0 saturated heterocycles. The highest BCUT2D eigenvalue weighted by atomic mass is 19.4. The first-order valence-corrected chi connectivity index (χ1v) is 9.37. The van der Waals surface area contributed by atoms with E-state index in [9.17, 15) is 13.2 Å². The average molecular weight is 397 g/mol. The molecule has 0 aliphatic heterocycles. The highest BCUT2D eigenvalue weighted by Gasteiger charge is 2.31. The molecule has 7 heteroatoms. The lowest BCUT2D eigenvalue weighted by atomic mass is 10.1. The van der Waals surface area contributed by atoms with Crippen LogP contribution in [-0.4, -0.2) is 24.6 Å². The molecule has 0 bridgehead atoms. The second kappa shape index (κ2) is 9.66. The van der Waals surface area contributed by atoms with Gasteiger partial charge in [-0.2, -0.15) is 0 Å². The Balaban J connectivity index is 2.22. The third-order valence-corrected chi connectivity index (χ3v) is 4.39. The number of nitrogens with zero attached hydrogens (tertiary/aromatic N) is 1. The summed E-state index contributed by atoms with van der Waals surface area (Å²) in [6, 6.07) is 7.84. The van der Waals surface area contributed by atoms with Crippen molar-refractivity contribution in [2.24, 2.45) is 0 Å². The highest BCUT2D eigenvalue weighted by molar-refractivity contribution is 5.43. The van der Waals surface area contributed by atoms with Crippen molar-refractivity contribution < 1.29 is 27.4 Å². The molecule has 0 N–H and O–H groups in total. The summed E-state index contributed by atoms with van der Waals surface area (Å²) < 4.78 is 52.4. The second-order valence-electron chi connectivity index (χ2n) is 6.36. The summed E-state index contributed by atoms with van der Waals surface area (Å²) in [7, 11) is 1.41. The van der Waals surface area contributed by atoms with Crippen LogP contribution in [0, 0.1) is 0 Å². The van der Waals surface area contributed by atoms with E-state index in [2.05, 4.69) is 23.6 Å². The van der Waals surface area contributed by atoms with Gasteiger partial charge in [0.25, 0.3) is 0 Å². The van der Waals surface area contributed by atoms with Gasteiger partial charge in [0, 0.05) is 23.7 Å². The molecule has 154 valence electrons. The van der Waals surface area contributed by atoms with E-state index in [0.717, 1.165) is 42.0 Å². The topological polar surface area (TPSA) is 40.6 Å². The van der Waals surface area contributed by atoms with Gasteiger partial charge < -0.3 is 14.2 Å². The molecule has 1 aromatic carbocycles. The Morgan fingerprint density at radius 2 is 1.71 bits per heavy atom. The molecule has 1 heterocycles. The maximum Gasteiger partial charge on any atom is 0.573 e. The van der Waals surface area contributed by atoms with Crippen LogP contribution in [0.3, 0.4) is 0 Å². The number of hydrogen-bond donors (Lipinski definition) is 0. The number of ether oxygens (including phenoxy) is 3. The largest absolute Gasteiger partial charge is 0.573 e. The van der Waals surface area contributed by atoms with E-state index < -0.39 is 6.36 Å². The van der Waals surface area contributed by atoms with E-state index in [1.807, 2.05) is 19.1 Å². The first kappa shape index (κ1) is 21.9. The number of alkyl halides is 3. The number of pyridine rings is 1. The molecule has 0 saturated carbocycles. The molecule has 0 aliphatic carbocycles. The van der Waals surface area contributed by atoms with Crippen molar-refractivity contribution in [1.29, 1.82) is 0 Å². The summed E-state index contributed by atoms with van der Waals surface area (Å²) in [5, 5.41) is 0. The van der Waals surface area contributed by atoms with Gasteiger partial charge in [0.15, 0.2) is 0 Å². The molecule has 0 radical (unpaired) electrons. The average Bonchev–Trinajstić information content (AvgIpc) is 2.66. The SMILES string of the molecule is CCc1nc(Cc2ccc(OC(F)(F)F)cc2OC)ccc1OC(CC)CC. The van der Waals surface area contributed by atoms with Gasteiger partial charge in [0.1, 0.15) is 17.2 Å². The van der Waals surface area contributed by atoms with Crippen LogP contribution in [0.5, 0.6) is 17.2 Å². The molecular weight excluding hydrogens is 371 g/mol. The van der Waals surface area contributed by atoms with Gasteiger partial charge in [0.05, 0.1) is 18.9 Å². The van der Waals surface area contributed by atoms with Crippen LogP contribution < -0.4 is 14.2 Å². The standard InChI is InChI=1S/C21H26F3NO3/c1-5-16(6-2)27-19-11-9-15(25-18(19)7-3)12-14-8-10-17(13-20(14)26-4)28-21(22,23)24/h8-11,13,16H,5-7,12H2,1-4H3. The summed E-state index contributed by atoms with van der Waals surface area (Å²) in [6.45, 7) is 6.18. The van der Waals surface area contributed by atoms with Gasteiger partial charge in [-0.3, -0.25) is 4.98 Å². The van der Waals surface area contributed by atoms with Crippen molar-refractivity contribution >= 4 is 0 Å². The maximum atomic E-state index is 12.4. The van der Waals surface area contributed by atoms with E-state index >= 15 is 0 Å². The molecule has 0 unspecified atom stereocenters. The smallest absolute Gasteiger partial charge is 0.496 e. The molecule has 28 heavy (non-hydrogen) atoms. The Labute approximate surface area is 163 Å². The fraction of sp³-hybridized carbons (Fsp3) is 0.476. The zero-order valence-electron chi connectivity index (χ0n) is 16.6. The molecule has 2 rings (SSSR count). The molecule has 1 aromatic heterocycles. The van der Waals surface area contributed by atoms with E-state index in [0.29, 0.717) is 12.2 Å². The molecule has 0 fully saturated rings. The Morgan fingerprint density at radius 3 is 2.29 bits per heavy atom. The fourth-order valence-electron chi connectivity index (χ4n) is 2.89. The molecule has 0 aliphatic rings. The van der Waals surface area contributed by atoms with Crippen LogP contribution >= 0.6 is 0 Å². The highest BCUT2D eigenvalue weighted by Crippen LogP contribution is 2.30. The van der Waals surface area contributed by atoms with E-state index in [1.54, 1.807) is 6.07 Å². The number of aryl methyl sites for hydroxylation is 1. The number of rotatable bonds is 9. The number of aromatic nitrogens is 1. The molecule has 0 atom stereocenters. The van der Waals surface area contributed by atoms with Crippen molar-refractivity contribution in [3.63, 3.8) is 0 Å². The molecule has 0 spiro atoms. The predicted molar refractivity (Wildman–Crippen MR) is 101 cm³/mol. The second-order valence-corrected chi connectivity index (χ2v) is 6.36. The lowest BCUT2D eigenvalue weighted by Crippen LogP contribution is -2.17. The monoisotopic (exact) mass is 397 g/mol. The summed E-state index contributed by atoms with van der Waals surface area (Å²) in [4.78, 5) is 4.67. The van der Waals surface area contributed by atoms with Crippen LogP contribution in [0.4, 0.5) is 13.2 Å². The summed E-state index contributed by atoms with van der Waals surface area (Å²) >= 11 is 0. The van der Waals surface area contributed by atoms with Crippen LogP contribution in [-0.2, 0) is 12.8 Å². The van der Waals surface area contributed by atoms with Crippen molar-refractivity contribution in [2.75, 3.05) is 7.11 Å². The summed E-state index contributed by atoms with van der Waals surface area (Å²) in [6.07, 6.45) is -1.60. The lowest BCUT2D eigenvalue weighted by molar-refractivity contribution is -0.274. The quantitative estimate of drug-likeness (QED) is 0.543. The van der Waals surface area contributed by atoms with Gasteiger partial charge >= 0.3 is 6.36 Å². The van der Waals surface area contributed by atoms with E-state index in [4.69, 9.17) is 9.47 Å². The number of hydrogen-bond acceptors (Lipinski definition) is 4. The van der Waals surface area contributed by atoms with Crippen molar-refractivity contribution in [2.45, 2.75) is 58.9 Å². The Bertz CT molecular complexity index is 774. The Morgan fingerprint density at radius 1 is 1.00 bits per heavy atom. The van der Waals surface area contributed by atoms with Gasteiger partial charge in [-0.15, -0.1) is 13.2 Å². The third kappa shape index (κ3) is 6.04. The molecular formula is C21H26F3NO3. The maximum absolute atomic E-state index is 12.4. The van der Waals surface area contributed by atoms with Gasteiger partial charge in [-0.25, -0.2) is 0 Å². The Hall–Kier alpha value is -2.44. The normalized spacial score (nSPS) is 11.6. The third-order valence-electron chi connectivity index (χ3n) is 4.39. The van der Waals surface area contributed by atoms with Crippen molar-refractivity contribution in [3.05, 3.63) is 47.3 Å². The van der Waals surface area contributed by atoms with Crippen molar-refractivity contribution in [1.82, 2.24) is 4.98 Å². The summed E-state index contributed by atoms with van der Waals surface area (Å²) in [5.74, 6) is 0.782. The van der Waals surface area contributed by atoms with Crippen molar-refractivity contribution in [3.8, 4) is 17.2 Å². The van der Waals surface area contributed by atoms with Gasteiger partial charge in [-0.1, -0.05) is 26.8 Å². The fourth-order valence-corrected chi connectivity index (χ4v) is 2.89.